The van der Waals surface area contributed by atoms with Crippen molar-refractivity contribution in [2.75, 3.05) is 24.4 Å². The molecule has 5 amide bonds. The molecule has 1 aliphatic rings. The lowest BCUT2D eigenvalue weighted by Crippen LogP contribution is -2.52. The van der Waals surface area contributed by atoms with E-state index in [4.69, 9.17) is 21.1 Å². The third-order valence-corrected chi connectivity index (χ3v) is 11.1. The van der Waals surface area contributed by atoms with Crippen molar-refractivity contribution >= 4 is 58.6 Å². The van der Waals surface area contributed by atoms with Gasteiger partial charge in [0.2, 0.25) is 5.91 Å². The van der Waals surface area contributed by atoms with Crippen LogP contribution in [0.4, 0.5) is 16.2 Å². The summed E-state index contributed by atoms with van der Waals surface area (Å²) in [6.45, 7) is 13.6. The zero-order valence-electron chi connectivity index (χ0n) is 34.0. The average Bonchev–Trinajstić information content (AvgIpc) is 3.48. The summed E-state index contributed by atoms with van der Waals surface area (Å²) < 4.78 is 11.4. The third kappa shape index (κ3) is 10.1. The van der Waals surface area contributed by atoms with E-state index in [0.29, 0.717) is 34.9 Å². The van der Waals surface area contributed by atoms with E-state index < -0.39 is 29.7 Å². The van der Waals surface area contributed by atoms with Gasteiger partial charge in [-0.25, -0.2) is 9.69 Å². The number of ketones is 1. The Balaban J connectivity index is 1.29. The second-order valence-corrected chi connectivity index (χ2v) is 15.8. The van der Waals surface area contributed by atoms with E-state index in [9.17, 15) is 24.0 Å². The highest BCUT2D eigenvalue weighted by Gasteiger charge is 2.46. The van der Waals surface area contributed by atoms with Crippen molar-refractivity contribution in [2.24, 2.45) is 0 Å². The fraction of sp³-hybridized carbons (Fsp3) is 0.326. The molecule has 58 heavy (non-hydrogen) atoms. The number of halogens is 1. The monoisotopic (exact) mass is 806 g/mol. The van der Waals surface area contributed by atoms with Gasteiger partial charge in [0, 0.05) is 23.2 Å². The van der Waals surface area contributed by atoms with E-state index in [0.717, 1.165) is 24.2 Å². The summed E-state index contributed by atoms with van der Waals surface area (Å²) in [5.74, 6) is -1.70. The van der Waals surface area contributed by atoms with Crippen LogP contribution in [-0.4, -0.2) is 54.2 Å². The van der Waals surface area contributed by atoms with E-state index in [1.165, 1.54) is 55.1 Å². The minimum Gasteiger partial charge on any atom is -0.497 e. The van der Waals surface area contributed by atoms with Crippen molar-refractivity contribution in [3.05, 3.63) is 124 Å². The Labute approximate surface area is 345 Å². The smallest absolute Gasteiger partial charge is 0.330 e. The lowest BCUT2D eigenvalue weighted by molar-refractivity contribution is -0.129. The molecule has 1 fully saturated rings. The van der Waals surface area contributed by atoms with Gasteiger partial charge in [0.15, 0.2) is 11.8 Å². The summed E-state index contributed by atoms with van der Waals surface area (Å²) in [5.41, 5.74) is 3.28. The summed E-state index contributed by atoms with van der Waals surface area (Å²) in [6.07, 6.45) is 3.99. The average molecular weight is 807 g/mol. The van der Waals surface area contributed by atoms with Crippen LogP contribution in [0.15, 0.2) is 96.7 Å². The highest BCUT2D eigenvalue weighted by atomic mass is 35.5. The predicted molar refractivity (Wildman–Crippen MR) is 227 cm³/mol. The molecule has 5 rings (SSSR count). The molecule has 0 aromatic heterocycles. The van der Waals surface area contributed by atoms with Gasteiger partial charge in [-0.05, 0) is 95.8 Å². The van der Waals surface area contributed by atoms with Crippen LogP contribution in [0.1, 0.15) is 94.3 Å². The van der Waals surface area contributed by atoms with Gasteiger partial charge in [0.1, 0.15) is 17.2 Å². The van der Waals surface area contributed by atoms with Crippen molar-refractivity contribution in [3.8, 4) is 11.5 Å². The van der Waals surface area contributed by atoms with Crippen LogP contribution in [0.25, 0.3) is 6.08 Å². The van der Waals surface area contributed by atoms with Gasteiger partial charge in [-0.3, -0.25) is 19.2 Å². The first kappa shape index (κ1) is 43.2. The Hall–Kier alpha value is -5.94. The van der Waals surface area contributed by atoms with Crippen LogP contribution in [0, 0.1) is 0 Å². The van der Waals surface area contributed by atoms with Gasteiger partial charge < -0.3 is 25.4 Å². The van der Waals surface area contributed by atoms with Crippen molar-refractivity contribution < 1.29 is 33.4 Å². The Bertz CT molecular complexity index is 2200. The minimum absolute atomic E-state index is 0.0314. The summed E-state index contributed by atoms with van der Waals surface area (Å²) >= 11 is 6.49. The molecule has 3 N–H and O–H groups in total. The summed E-state index contributed by atoms with van der Waals surface area (Å²) in [4.78, 5) is 68.7. The molecule has 1 aliphatic heterocycles. The Morgan fingerprint density at radius 3 is 2.21 bits per heavy atom. The van der Waals surface area contributed by atoms with Crippen molar-refractivity contribution in [2.45, 2.75) is 84.1 Å². The molecule has 0 saturated carbocycles. The number of rotatable bonds is 17. The molecule has 0 aliphatic carbocycles. The first-order valence-corrected chi connectivity index (χ1v) is 19.7. The Morgan fingerprint density at radius 2 is 1.55 bits per heavy atom. The van der Waals surface area contributed by atoms with E-state index in [1.54, 1.807) is 36.4 Å². The van der Waals surface area contributed by atoms with Crippen LogP contribution in [0.3, 0.4) is 0 Å². The number of nitrogens with zero attached hydrogens (tertiary/aromatic N) is 1. The number of imide groups is 1. The number of anilines is 2. The number of methoxy groups -OCH3 is 1. The number of ether oxygens (including phenoxy) is 2. The Kier molecular flexibility index (Phi) is 13.8. The molecule has 11 nitrogen and oxygen atoms in total. The number of carbonyl (C=O) groups excluding carboxylic acids is 5. The largest absolute Gasteiger partial charge is 0.497 e. The normalized spacial score (nSPS) is 14.2. The zero-order chi connectivity index (χ0) is 42.2. The number of carbonyl (C=O) groups is 5. The number of Topliss-reactive ketones (excluding diaryl/α,β-unsaturated/α-hetero) is 1. The number of benzene rings is 4. The second-order valence-electron chi connectivity index (χ2n) is 15.4. The van der Waals surface area contributed by atoms with Crippen LogP contribution in [0.2, 0.25) is 5.02 Å². The molecule has 4 aromatic carbocycles. The fourth-order valence-electron chi connectivity index (χ4n) is 6.30. The second kappa shape index (κ2) is 18.5. The highest BCUT2D eigenvalue weighted by molar-refractivity contribution is 6.34. The molecule has 1 atom stereocenters. The van der Waals surface area contributed by atoms with Crippen molar-refractivity contribution in [1.82, 2.24) is 10.2 Å². The Morgan fingerprint density at radius 1 is 0.862 bits per heavy atom. The maximum atomic E-state index is 14.0. The summed E-state index contributed by atoms with van der Waals surface area (Å²) in [6, 6.07) is 22.7. The lowest BCUT2D eigenvalue weighted by atomic mass is 9.76. The van der Waals surface area contributed by atoms with Gasteiger partial charge in [0.05, 0.1) is 24.4 Å². The molecular formula is C46H51ClN4O7. The van der Waals surface area contributed by atoms with E-state index in [1.807, 2.05) is 6.07 Å². The molecule has 12 heteroatoms. The van der Waals surface area contributed by atoms with Gasteiger partial charge in [-0.2, -0.15) is 0 Å². The van der Waals surface area contributed by atoms with Crippen molar-refractivity contribution in [1.29, 1.82) is 0 Å². The quantitative estimate of drug-likeness (QED) is 0.0317. The number of hydrogen-bond acceptors (Lipinski definition) is 7. The molecule has 304 valence electrons. The molecule has 1 unspecified atom stereocenters. The topological polar surface area (TPSA) is 143 Å². The van der Waals surface area contributed by atoms with Crippen LogP contribution in [0.5, 0.6) is 11.5 Å². The SMILES string of the molecule is CCC(C)(C)c1ccc(OCCCC(=O)Nc2ccc(Cl)c(NC(=O)C(C(=O)c3ccc(OC)cc3)N3C(=O)NC(=Cc4ccccc4)C3=O)c2)c(C(C)(C)CC)c1. The summed E-state index contributed by atoms with van der Waals surface area (Å²) in [7, 11) is 1.47. The van der Waals surface area contributed by atoms with Gasteiger partial charge in [-0.15, -0.1) is 0 Å². The standard InChI is InChI=1S/C46H51ClN4O7/c1-8-45(3,4)31-19-24-38(34(27-31)46(5,6)9-2)58-25-13-16-39(52)48-32-20-23-35(47)36(28-32)49-42(54)40(41(53)30-17-21-33(57-7)22-18-30)51-43(55)37(50-44(51)56)26-29-14-11-10-12-15-29/h10-12,14-15,17-24,26-28,40H,8-9,13,16,25H2,1-7H3,(H,48,52)(H,49,54)(H,50,56). The molecule has 0 radical (unpaired) electrons. The van der Waals surface area contributed by atoms with Crippen molar-refractivity contribution in [3.63, 3.8) is 0 Å². The molecule has 0 bridgehead atoms. The van der Waals surface area contributed by atoms with E-state index in [-0.39, 0.29) is 45.1 Å². The van der Waals surface area contributed by atoms with Crippen LogP contribution < -0.4 is 25.4 Å². The fourth-order valence-corrected chi connectivity index (χ4v) is 6.47. The molecule has 4 aromatic rings. The molecule has 1 heterocycles. The minimum atomic E-state index is -1.92. The lowest BCUT2D eigenvalue weighted by Gasteiger charge is -2.30. The van der Waals surface area contributed by atoms with E-state index >= 15 is 0 Å². The van der Waals surface area contributed by atoms with Gasteiger partial charge in [0.25, 0.3) is 11.8 Å². The number of hydrogen-bond donors (Lipinski definition) is 3. The maximum absolute atomic E-state index is 14.0. The van der Waals surface area contributed by atoms with E-state index in [2.05, 4.69) is 69.6 Å². The first-order valence-electron chi connectivity index (χ1n) is 19.4. The van der Waals surface area contributed by atoms with Crippen LogP contribution in [-0.2, 0) is 25.2 Å². The molecular weight excluding hydrogens is 756 g/mol. The summed E-state index contributed by atoms with van der Waals surface area (Å²) in [5, 5.41) is 8.01. The third-order valence-electron chi connectivity index (χ3n) is 10.7. The number of amides is 5. The van der Waals surface area contributed by atoms with Crippen LogP contribution >= 0.6 is 11.6 Å². The maximum Gasteiger partial charge on any atom is 0.330 e. The molecule has 0 spiro atoms. The highest BCUT2D eigenvalue weighted by Crippen LogP contribution is 2.38. The number of nitrogens with one attached hydrogen (secondary N) is 3. The zero-order valence-corrected chi connectivity index (χ0v) is 34.8. The van der Waals surface area contributed by atoms with Gasteiger partial charge in [-0.1, -0.05) is 95.6 Å². The number of urea groups is 1. The molecule has 1 saturated heterocycles. The predicted octanol–water partition coefficient (Wildman–Crippen LogP) is 9.30. The van der Waals surface area contributed by atoms with Gasteiger partial charge >= 0.3 is 6.03 Å². The first-order chi connectivity index (χ1) is 27.6.